The maximum absolute atomic E-state index is 5.37. The molecule has 0 fully saturated rings. The number of rotatable bonds is 2. The third kappa shape index (κ3) is 1.94. The van der Waals surface area contributed by atoms with E-state index < -0.39 is 0 Å². The van der Waals surface area contributed by atoms with Crippen LogP contribution in [0.3, 0.4) is 0 Å². The van der Waals surface area contributed by atoms with Crippen LogP contribution in [0.4, 0.5) is 0 Å². The van der Waals surface area contributed by atoms with Gasteiger partial charge in [0.1, 0.15) is 5.76 Å². The summed E-state index contributed by atoms with van der Waals surface area (Å²) in [6, 6.07) is 0. The molecule has 0 bridgehead atoms. The second-order valence-corrected chi connectivity index (χ2v) is 3.19. The van der Waals surface area contributed by atoms with Gasteiger partial charge in [-0.25, -0.2) is 0 Å². The minimum absolute atomic E-state index is 0.640. The lowest BCUT2D eigenvalue weighted by molar-refractivity contribution is 0.369. The molecule has 10 heavy (non-hydrogen) atoms. The van der Waals surface area contributed by atoms with Crippen LogP contribution < -0.4 is 0 Å². The summed E-state index contributed by atoms with van der Waals surface area (Å²) >= 11 is 1.44. The summed E-state index contributed by atoms with van der Waals surface area (Å²) in [6.07, 6.45) is 7.97. The van der Waals surface area contributed by atoms with E-state index in [1.54, 1.807) is 0 Å². The van der Waals surface area contributed by atoms with Crippen LogP contribution in [0.25, 0.3) is 0 Å². The molecule has 0 radical (unpaired) electrons. The van der Waals surface area contributed by atoms with E-state index >= 15 is 0 Å². The van der Waals surface area contributed by atoms with Crippen molar-refractivity contribution >= 4 is 12.0 Å². The highest BCUT2D eigenvalue weighted by Gasteiger charge is 2.13. The van der Waals surface area contributed by atoms with Crippen molar-refractivity contribution in [2.24, 2.45) is 5.92 Å². The van der Waals surface area contributed by atoms with Gasteiger partial charge in [-0.05, 0) is 25.3 Å². The summed E-state index contributed by atoms with van der Waals surface area (Å²) in [5.41, 5.74) is 0. The Morgan fingerprint density at radius 1 is 1.70 bits per heavy atom. The second-order valence-electron chi connectivity index (χ2n) is 2.69. The highest BCUT2D eigenvalue weighted by molar-refractivity contribution is 7.94. The van der Waals surface area contributed by atoms with Crippen molar-refractivity contribution in [2.45, 2.75) is 26.2 Å². The fraction of sp³-hybridized carbons (Fsp3) is 0.750. The molecular formula is C8H14OS. The Labute approximate surface area is 67.0 Å². The van der Waals surface area contributed by atoms with Gasteiger partial charge >= 0.3 is 0 Å². The van der Waals surface area contributed by atoms with Gasteiger partial charge in [0.2, 0.25) is 0 Å². The molecule has 1 unspecified atom stereocenters. The molecule has 0 amide bonds. The first-order valence-electron chi connectivity index (χ1n) is 3.75. The van der Waals surface area contributed by atoms with Crippen LogP contribution in [0.2, 0.25) is 0 Å². The monoisotopic (exact) mass is 158 g/mol. The van der Waals surface area contributed by atoms with Crippen molar-refractivity contribution < 1.29 is 4.18 Å². The second kappa shape index (κ2) is 3.91. The molecule has 1 aliphatic carbocycles. The van der Waals surface area contributed by atoms with Gasteiger partial charge in [0.25, 0.3) is 0 Å². The molecule has 0 aromatic rings. The number of hydrogen-bond acceptors (Lipinski definition) is 2. The lowest BCUT2D eigenvalue weighted by atomic mass is 9.96. The van der Waals surface area contributed by atoms with Gasteiger partial charge in [0.15, 0.2) is 0 Å². The summed E-state index contributed by atoms with van der Waals surface area (Å²) in [5.74, 6) is 1.82. The molecule has 58 valence electrons. The predicted molar refractivity (Wildman–Crippen MR) is 45.7 cm³/mol. The van der Waals surface area contributed by atoms with Crippen molar-refractivity contribution in [3.63, 3.8) is 0 Å². The minimum Gasteiger partial charge on any atom is -0.431 e. The minimum atomic E-state index is 0.640. The zero-order valence-corrected chi connectivity index (χ0v) is 7.41. The Kier molecular flexibility index (Phi) is 3.13. The fourth-order valence-corrected chi connectivity index (χ4v) is 1.65. The van der Waals surface area contributed by atoms with Gasteiger partial charge in [-0.1, -0.05) is 6.92 Å². The molecule has 0 heterocycles. The molecule has 0 N–H and O–H groups in total. The highest BCUT2D eigenvalue weighted by atomic mass is 32.2. The van der Waals surface area contributed by atoms with E-state index in [-0.39, 0.29) is 0 Å². The highest BCUT2D eigenvalue weighted by Crippen LogP contribution is 2.27. The Hall–Kier alpha value is -0.110. The van der Waals surface area contributed by atoms with Crippen molar-refractivity contribution in [2.75, 3.05) is 6.26 Å². The zero-order valence-electron chi connectivity index (χ0n) is 6.59. The van der Waals surface area contributed by atoms with Gasteiger partial charge in [-0.2, -0.15) is 0 Å². The first-order chi connectivity index (χ1) is 4.84. The first-order valence-corrected chi connectivity index (χ1v) is 4.90. The molecule has 0 saturated heterocycles. The average Bonchev–Trinajstić information content (AvgIpc) is 1.94. The van der Waals surface area contributed by atoms with Crippen molar-refractivity contribution in [1.82, 2.24) is 0 Å². The summed E-state index contributed by atoms with van der Waals surface area (Å²) in [5, 5.41) is 0. The molecule has 1 rings (SSSR count). The number of allylic oxidation sites excluding steroid dienone is 2. The van der Waals surface area contributed by atoms with Gasteiger partial charge in [0, 0.05) is 12.2 Å². The Morgan fingerprint density at radius 2 is 2.50 bits per heavy atom. The Bertz CT molecular complexity index is 131. The largest absolute Gasteiger partial charge is 0.431 e. The van der Waals surface area contributed by atoms with E-state index in [0.717, 1.165) is 0 Å². The lowest BCUT2D eigenvalue weighted by Gasteiger charge is -2.18. The Morgan fingerprint density at radius 3 is 3.10 bits per heavy atom. The molecule has 0 aliphatic heterocycles. The predicted octanol–water partition coefficient (Wildman–Crippen LogP) is 2.98. The lowest BCUT2D eigenvalue weighted by Crippen LogP contribution is -2.04. The molecule has 0 saturated carbocycles. The maximum Gasteiger partial charge on any atom is 0.113 e. The topological polar surface area (TPSA) is 9.23 Å². The van der Waals surface area contributed by atoms with Gasteiger partial charge in [-0.15, -0.1) is 0 Å². The third-order valence-corrected chi connectivity index (χ3v) is 2.21. The standard InChI is InChI=1S/C8H14OS/c1-7-5-3-4-6-8(7)9-10-2/h6-7H,3-5H2,1-2H3. The molecule has 1 aliphatic rings. The summed E-state index contributed by atoms with van der Waals surface area (Å²) in [4.78, 5) is 0. The number of hydrogen-bond donors (Lipinski definition) is 0. The summed E-state index contributed by atoms with van der Waals surface area (Å²) < 4.78 is 5.37. The normalized spacial score (nSPS) is 25.8. The van der Waals surface area contributed by atoms with Crippen LogP contribution in [-0.4, -0.2) is 6.26 Å². The van der Waals surface area contributed by atoms with Gasteiger partial charge in [-0.3, -0.25) is 0 Å². The van der Waals surface area contributed by atoms with Crippen LogP contribution in [0.15, 0.2) is 11.8 Å². The van der Waals surface area contributed by atoms with Crippen molar-refractivity contribution in [1.29, 1.82) is 0 Å². The quantitative estimate of drug-likeness (QED) is 0.571. The van der Waals surface area contributed by atoms with Gasteiger partial charge in [0.05, 0.1) is 12.0 Å². The molecule has 1 atom stereocenters. The van der Waals surface area contributed by atoms with Crippen LogP contribution in [-0.2, 0) is 4.18 Å². The first kappa shape index (κ1) is 7.99. The SMILES string of the molecule is CSOC1=CCCCC1C. The van der Waals surface area contributed by atoms with E-state index in [4.69, 9.17) is 4.18 Å². The maximum atomic E-state index is 5.37. The fourth-order valence-electron chi connectivity index (χ4n) is 1.22. The molecule has 0 aromatic carbocycles. The van der Waals surface area contributed by atoms with Crippen LogP contribution in [0.1, 0.15) is 26.2 Å². The van der Waals surface area contributed by atoms with Crippen LogP contribution in [0, 0.1) is 5.92 Å². The summed E-state index contributed by atoms with van der Waals surface area (Å²) in [7, 11) is 0. The smallest absolute Gasteiger partial charge is 0.113 e. The van der Waals surface area contributed by atoms with E-state index in [1.807, 2.05) is 6.26 Å². The van der Waals surface area contributed by atoms with E-state index in [1.165, 1.54) is 37.1 Å². The zero-order chi connectivity index (χ0) is 7.40. The van der Waals surface area contributed by atoms with E-state index in [2.05, 4.69) is 13.0 Å². The summed E-state index contributed by atoms with van der Waals surface area (Å²) in [6.45, 7) is 2.22. The average molecular weight is 158 g/mol. The van der Waals surface area contributed by atoms with Crippen molar-refractivity contribution in [3.8, 4) is 0 Å². The van der Waals surface area contributed by atoms with Crippen LogP contribution in [0.5, 0.6) is 0 Å². The molecule has 2 heteroatoms. The van der Waals surface area contributed by atoms with E-state index in [9.17, 15) is 0 Å². The van der Waals surface area contributed by atoms with Crippen molar-refractivity contribution in [3.05, 3.63) is 11.8 Å². The third-order valence-electron chi connectivity index (χ3n) is 1.85. The van der Waals surface area contributed by atoms with Gasteiger partial charge < -0.3 is 4.18 Å². The van der Waals surface area contributed by atoms with Crippen LogP contribution >= 0.6 is 12.0 Å². The molecule has 1 nitrogen and oxygen atoms in total. The van der Waals surface area contributed by atoms with E-state index in [0.29, 0.717) is 5.92 Å². The molecular weight excluding hydrogens is 144 g/mol. The molecule has 0 spiro atoms. The Balaban J connectivity index is 2.44. The molecule has 0 aromatic heterocycles.